The fourth-order valence-corrected chi connectivity index (χ4v) is 2.87. The van der Waals surface area contributed by atoms with Gasteiger partial charge in [-0.25, -0.2) is 13.1 Å². The Balaban J connectivity index is 2.67. The maximum absolute atomic E-state index is 12.2. The van der Waals surface area contributed by atoms with Crippen LogP contribution in [0.15, 0.2) is 29.2 Å². The maximum atomic E-state index is 12.2. The first-order chi connectivity index (χ1) is 9.80. The first-order valence-electron chi connectivity index (χ1n) is 7.15. The van der Waals surface area contributed by atoms with Crippen molar-refractivity contribution in [3.05, 3.63) is 29.8 Å². The van der Waals surface area contributed by atoms with E-state index >= 15 is 0 Å². The number of hydrogen-bond donors (Lipinski definition) is 2. The van der Waals surface area contributed by atoms with Gasteiger partial charge in [0.05, 0.1) is 10.5 Å². The average Bonchev–Trinajstić information content (AvgIpc) is 2.46. The number of hydrogen-bond acceptors (Lipinski definition) is 4. The van der Waals surface area contributed by atoms with Crippen molar-refractivity contribution in [1.82, 2.24) is 10.0 Å². The highest BCUT2D eigenvalue weighted by Gasteiger charge is 2.21. The van der Waals surface area contributed by atoms with E-state index in [1.807, 2.05) is 26.0 Å². The van der Waals surface area contributed by atoms with E-state index < -0.39 is 15.6 Å². The summed E-state index contributed by atoms with van der Waals surface area (Å²) in [6.07, 6.45) is 0.887. The zero-order valence-corrected chi connectivity index (χ0v) is 14.1. The molecule has 0 spiro atoms. The van der Waals surface area contributed by atoms with Crippen molar-refractivity contribution in [2.24, 2.45) is 0 Å². The van der Waals surface area contributed by atoms with Crippen molar-refractivity contribution < 1.29 is 13.2 Å². The van der Waals surface area contributed by atoms with Gasteiger partial charge in [-0.15, -0.1) is 0 Å². The number of methoxy groups -OCH3 is 1. The van der Waals surface area contributed by atoms with Crippen molar-refractivity contribution in [3.63, 3.8) is 0 Å². The Morgan fingerprint density at radius 1 is 1.19 bits per heavy atom. The van der Waals surface area contributed by atoms with Crippen molar-refractivity contribution in [3.8, 4) is 0 Å². The smallest absolute Gasteiger partial charge is 0.240 e. The molecule has 1 aromatic carbocycles. The van der Waals surface area contributed by atoms with Crippen LogP contribution in [0.3, 0.4) is 0 Å². The molecule has 0 bridgehead atoms. The lowest BCUT2D eigenvalue weighted by atomic mass is 10.1. The number of sulfonamides is 1. The molecule has 0 aliphatic heterocycles. The molecule has 0 aromatic heterocycles. The van der Waals surface area contributed by atoms with E-state index in [0.717, 1.165) is 25.1 Å². The largest absolute Gasteiger partial charge is 0.377 e. The van der Waals surface area contributed by atoms with E-state index in [4.69, 9.17) is 4.74 Å². The van der Waals surface area contributed by atoms with Crippen molar-refractivity contribution in [2.75, 3.05) is 26.7 Å². The van der Waals surface area contributed by atoms with Crippen LogP contribution >= 0.6 is 0 Å². The Bertz CT molecular complexity index is 524. The molecule has 0 radical (unpaired) electrons. The SMILES string of the molecule is CCNCCc1ccc(S(=O)(=O)NCC(C)(C)OC)cc1. The normalized spacial score (nSPS) is 12.6. The van der Waals surface area contributed by atoms with Gasteiger partial charge in [0.15, 0.2) is 0 Å². The minimum atomic E-state index is -3.49. The molecular formula is C15H26N2O3S. The second-order valence-electron chi connectivity index (χ2n) is 5.54. The lowest BCUT2D eigenvalue weighted by Crippen LogP contribution is -2.39. The van der Waals surface area contributed by atoms with Crippen molar-refractivity contribution >= 4 is 10.0 Å². The van der Waals surface area contributed by atoms with Gasteiger partial charge in [0.1, 0.15) is 0 Å². The van der Waals surface area contributed by atoms with Crippen LogP contribution in [-0.2, 0) is 21.2 Å². The van der Waals surface area contributed by atoms with E-state index in [-0.39, 0.29) is 11.4 Å². The highest BCUT2D eigenvalue weighted by Crippen LogP contribution is 2.13. The lowest BCUT2D eigenvalue weighted by Gasteiger charge is -2.23. The number of rotatable bonds is 9. The third kappa shape index (κ3) is 6.13. The number of likely N-dealkylation sites (N-methyl/N-ethyl adjacent to an activating group) is 1. The van der Waals surface area contributed by atoms with Crippen LogP contribution in [0.1, 0.15) is 26.3 Å². The first-order valence-corrected chi connectivity index (χ1v) is 8.63. The Kier molecular flexibility index (Phi) is 6.80. The molecule has 0 heterocycles. The molecule has 0 saturated heterocycles. The fourth-order valence-electron chi connectivity index (χ4n) is 1.67. The summed E-state index contributed by atoms with van der Waals surface area (Å²) in [6.45, 7) is 7.78. The predicted molar refractivity (Wildman–Crippen MR) is 85.0 cm³/mol. The van der Waals surface area contributed by atoms with E-state index in [0.29, 0.717) is 0 Å². The van der Waals surface area contributed by atoms with Gasteiger partial charge in [0.25, 0.3) is 0 Å². The maximum Gasteiger partial charge on any atom is 0.240 e. The molecule has 0 atom stereocenters. The molecule has 0 aliphatic rings. The average molecular weight is 314 g/mol. The van der Waals surface area contributed by atoms with Gasteiger partial charge in [-0.2, -0.15) is 0 Å². The molecular weight excluding hydrogens is 288 g/mol. The molecule has 0 fully saturated rings. The van der Waals surface area contributed by atoms with Crippen LogP contribution in [0, 0.1) is 0 Å². The molecule has 120 valence electrons. The molecule has 5 nitrogen and oxygen atoms in total. The van der Waals surface area contributed by atoms with Gasteiger partial charge in [-0.05, 0) is 51.1 Å². The molecule has 0 saturated carbocycles. The molecule has 21 heavy (non-hydrogen) atoms. The second kappa shape index (κ2) is 7.89. The molecule has 0 aliphatic carbocycles. The van der Waals surface area contributed by atoms with Gasteiger partial charge in [0.2, 0.25) is 10.0 Å². The summed E-state index contributed by atoms with van der Waals surface area (Å²) in [4.78, 5) is 0.279. The summed E-state index contributed by atoms with van der Waals surface area (Å²) in [5.74, 6) is 0. The standard InChI is InChI=1S/C15H26N2O3S/c1-5-16-11-10-13-6-8-14(9-7-13)21(18,19)17-12-15(2,3)20-4/h6-9,16-17H,5,10-12H2,1-4H3. The number of nitrogens with one attached hydrogen (secondary N) is 2. The topological polar surface area (TPSA) is 67.4 Å². The van der Waals surface area contributed by atoms with E-state index in [9.17, 15) is 8.42 Å². The highest BCUT2D eigenvalue weighted by atomic mass is 32.2. The van der Waals surface area contributed by atoms with Gasteiger partial charge < -0.3 is 10.1 Å². The lowest BCUT2D eigenvalue weighted by molar-refractivity contribution is 0.0276. The van der Waals surface area contributed by atoms with E-state index in [2.05, 4.69) is 17.0 Å². The highest BCUT2D eigenvalue weighted by molar-refractivity contribution is 7.89. The van der Waals surface area contributed by atoms with Crippen LogP contribution in [0.2, 0.25) is 0 Å². The summed E-state index contributed by atoms with van der Waals surface area (Å²) in [5.41, 5.74) is 0.589. The molecule has 0 unspecified atom stereocenters. The summed E-state index contributed by atoms with van der Waals surface area (Å²) < 4.78 is 32.2. The van der Waals surface area contributed by atoms with E-state index in [1.54, 1.807) is 19.2 Å². The van der Waals surface area contributed by atoms with Crippen LogP contribution in [-0.4, -0.2) is 40.8 Å². The Morgan fingerprint density at radius 3 is 2.33 bits per heavy atom. The number of ether oxygens (including phenoxy) is 1. The minimum Gasteiger partial charge on any atom is -0.377 e. The second-order valence-corrected chi connectivity index (χ2v) is 7.30. The van der Waals surface area contributed by atoms with Crippen LogP contribution < -0.4 is 10.0 Å². The molecule has 1 aromatic rings. The van der Waals surface area contributed by atoms with Crippen molar-refractivity contribution in [2.45, 2.75) is 37.7 Å². The third-order valence-corrected chi connectivity index (χ3v) is 4.73. The molecule has 6 heteroatoms. The summed E-state index contributed by atoms with van der Waals surface area (Å²) >= 11 is 0. The molecule has 0 amide bonds. The van der Waals surface area contributed by atoms with Crippen LogP contribution in [0.25, 0.3) is 0 Å². The predicted octanol–water partition coefficient (Wildman–Crippen LogP) is 1.54. The molecule has 1 rings (SSSR count). The quantitative estimate of drug-likeness (QED) is 0.679. The van der Waals surface area contributed by atoms with Gasteiger partial charge in [-0.1, -0.05) is 19.1 Å². The van der Waals surface area contributed by atoms with Gasteiger partial charge in [0, 0.05) is 13.7 Å². The third-order valence-electron chi connectivity index (χ3n) is 3.31. The monoisotopic (exact) mass is 314 g/mol. The van der Waals surface area contributed by atoms with E-state index in [1.165, 1.54) is 0 Å². The zero-order chi connectivity index (χ0) is 15.9. The zero-order valence-electron chi connectivity index (χ0n) is 13.3. The van der Waals surface area contributed by atoms with Gasteiger partial charge in [-0.3, -0.25) is 0 Å². The Labute approximate surface area is 128 Å². The number of benzene rings is 1. The summed E-state index contributed by atoms with van der Waals surface area (Å²) in [5, 5.41) is 3.24. The Morgan fingerprint density at radius 2 is 1.81 bits per heavy atom. The molecule has 2 N–H and O–H groups in total. The Hall–Kier alpha value is -0.950. The fraction of sp³-hybridized carbons (Fsp3) is 0.600. The van der Waals surface area contributed by atoms with Crippen LogP contribution in [0.5, 0.6) is 0 Å². The van der Waals surface area contributed by atoms with Crippen molar-refractivity contribution in [1.29, 1.82) is 0 Å². The summed E-state index contributed by atoms with van der Waals surface area (Å²) in [6, 6.07) is 6.99. The van der Waals surface area contributed by atoms with Gasteiger partial charge >= 0.3 is 0 Å². The summed E-state index contributed by atoms with van der Waals surface area (Å²) in [7, 11) is -1.93. The van der Waals surface area contributed by atoms with Crippen LogP contribution in [0.4, 0.5) is 0 Å². The first kappa shape index (κ1) is 18.1. The minimum absolute atomic E-state index is 0.230.